The highest BCUT2D eigenvalue weighted by Crippen LogP contribution is 2.25. The number of primary amides is 2. The number of carbonyl (C=O) groups excluding carboxylic acids is 2. The molecule has 0 aromatic heterocycles. The van der Waals surface area contributed by atoms with Crippen molar-refractivity contribution in [1.29, 1.82) is 0 Å². The van der Waals surface area contributed by atoms with Crippen molar-refractivity contribution in [2.24, 2.45) is 16.9 Å². The minimum absolute atomic E-state index is 0.181. The molecular weight excluding hydrogens is 274 g/mol. The first kappa shape index (κ1) is 19.5. The fourth-order valence-corrected chi connectivity index (χ4v) is 1.79. The Labute approximate surface area is 126 Å². The largest absolute Gasteiger partial charge is 0.448 e. The fourth-order valence-electron chi connectivity index (χ4n) is 1.79. The normalized spacial score (nSPS) is 13.9. The number of nitrogens with zero attached hydrogens (tertiary/aromatic N) is 1. The van der Waals surface area contributed by atoms with Gasteiger partial charge in [0.25, 0.3) is 0 Å². The molecule has 0 fully saturated rings. The van der Waals surface area contributed by atoms with Gasteiger partial charge >= 0.3 is 12.2 Å². The zero-order valence-corrected chi connectivity index (χ0v) is 13.9. The number of hydrogen-bond acceptors (Lipinski definition) is 5. The van der Waals surface area contributed by atoms with Gasteiger partial charge in [0.1, 0.15) is 12.7 Å². The van der Waals surface area contributed by atoms with Crippen LogP contribution in [-0.2, 0) is 9.47 Å². The van der Waals surface area contributed by atoms with Crippen molar-refractivity contribution >= 4 is 12.2 Å². The highest BCUT2D eigenvalue weighted by molar-refractivity contribution is 5.65. The predicted molar refractivity (Wildman–Crippen MR) is 80.8 cm³/mol. The Hall–Kier alpha value is -1.50. The summed E-state index contributed by atoms with van der Waals surface area (Å²) >= 11 is 0. The lowest BCUT2D eigenvalue weighted by molar-refractivity contribution is -0.0149. The molecule has 0 saturated heterocycles. The van der Waals surface area contributed by atoms with Crippen molar-refractivity contribution in [2.75, 3.05) is 19.7 Å². The number of rotatable bonds is 6. The van der Waals surface area contributed by atoms with Crippen LogP contribution in [0.3, 0.4) is 0 Å². The number of amides is 2. The summed E-state index contributed by atoms with van der Waals surface area (Å²) in [6.07, 6.45) is -1.97. The molecule has 1 unspecified atom stereocenters. The second-order valence-corrected chi connectivity index (χ2v) is 7.08. The molecule has 0 saturated carbocycles. The van der Waals surface area contributed by atoms with Crippen LogP contribution in [0.25, 0.3) is 0 Å². The molecule has 2 amide bonds. The van der Waals surface area contributed by atoms with Gasteiger partial charge in [0.2, 0.25) is 0 Å². The van der Waals surface area contributed by atoms with Crippen LogP contribution in [0.4, 0.5) is 9.59 Å². The van der Waals surface area contributed by atoms with E-state index in [-0.39, 0.29) is 23.7 Å². The van der Waals surface area contributed by atoms with Crippen molar-refractivity contribution in [2.45, 2.75) is 53.2 Å². The zero-order valence-electron chi connectivity index (χ0n) is 13.9. The van der Waals surface area contributed by atoms with Crippen LogP contribution in [0.2, 0.25) is 0 Å². The van der Waals surface area contributed by atoms with Gasteiger partial charge in [-0.25, -0.2) is 9.59 Å². The van der Waals surface area contributed by atoms with Gasteiger partial charge in [-0.15, -0.1) is 0 Å². The standard InChI is InChI=1S/C14H29N3O4/c1-13(2,3)10(21-12(16)19)9-17(14(4,5)6)7-8-20-11(15)18/h10H,7-9H2,1-6H3,(H2,15,18)(H2,16,19). The first-order chi connectivity index (χ1) is 9.34. The summed E-state index contributed by atoms with van der Waals surface area (Å²) in [5, 5.41) is 0. The summed E-state index contributed by atoms with van der Waals surface area (Å²) < 4.78 is 10.0. The molecule has 0 radical (unpaired) electrons. The Morgan fingerprint density at radius 1 is 1.05 bits per heavy atom. The van der Waals surface area contributed by atoms with E-state index in [0.29, 0.717) is 13.1 Å². The second kappa shape index (κ2) is 7.49. The molecule has 0 heterocycles. The third-order valence-corrected chi connectivity index (χ3v) is 3.16. The van der Waals surface area contributed by atoms with E-state index in [1.54, 1.807) is 0 Å². The predicted octanol–water partition coefficient (Wildman–Crippen LogP) is 1.69. The second-order valence-electron chi connectivity index (χ2n) is 7.08. The average Bonchev–Trinajstić information content (AvgIpc) is 2.22. The first-order valence-corrected chi connectivity index (χ1v) is 6.97. The maximum absolute atomic E-state index is 11.1. The number of ether oxygens (including phenoxy) is 2. The lowest BCUT2D eigenvalue weighted by Crippen LogP contribution is -2.51. The fraction of sp³-hybridized carbons (Fsp3) is 0.857. The molecular formula is C14H29N3O4. The van der Waals surface area contributed by atoms with Crippen molar-refractivity contribution < 1.29 is 19.1 Å². The van der Waals surface area contributed by atoms with Crippen molar-refractivity contribution in [3.8, 4) is 0 Å². The van der Waals surface area contributed by atoms with Crippen LogP contribution in [0.1, 0.15) is 41.5 Å². The highest BCUT2D eigenvalue weighted by atomic mass is 16.6. The van der Waals surface area contributed by atoms with E-state index in [1.165, 1.54) is 0 Å². The van der Waals surface area contributed by atoms with E-state index >= 15 is 0 Å². The maximum Gasteiger partial charge on any atom is 0.404 e. The molecule has 0 spiro atoms. The molecule has 0 aromatic rings. The maximum atomic E-state index is 11.1. The Balaban J connectivity index is 4.89. The van der Waals surface area contributed by atoms with Gasteiger partial charge in [0, 0.05) is 24.0 Å². The smallest absolute Gasteiger partial charge is 0.404 e. The first-order valence-electron chi connectivity index (χ1n) is 6.97. The summed E-state index contributed by atoms with van der Waals surface area (Å²) in [4.78, 5) is 23.8. The van der Waals surface area contributed by atoms with E-state index in [4.69, 9.17) is 20.9 Å². The lowest BCUT2D eigenvalue weighted by Gasteiger charge is -2.40. The summed E-state index contributed by atoms with van der Waals surface area (Å²) in [7, 11) is 0. The van der Waals surface area contributed by atoms with E-state index in [1.807, 2.05) is 41.5 Å². The molecule has 0 aliphatic carbocycles. The van der Waals surface area contributed by atoms with Crippen LogP contribution in [0.15, 0.2) is 0 Å². The monoisotopic (exact) mass is 303 g/mol. The summed E-state index contributed by atoms with van der Waals surface area (Å²) in [6.45, 7) is 13.2. The van der Waals surface area contributed by atoms with Crippen molar-refractivity contribution in [1.82, 2.24) is 4.90 Å². The molecule has 0 bridgehead atoms. The van der Waals surface area contributed by atoms with E-state index in [2.05, 4.69) is 4.90 Å². The summed E-state index contributed by atoms with van der Waals surface area (Å²) in [6, 6.07) is 0. The van der Waals surface area contributed by atoms with Crippen molar-refractivity contribution in [3.05, 3.63) is 0 Å². The van der Waals surface area contributed by atoms with Gasteiger partial charge in [0.05, 0.1) is 0 Å². The van der Waals surface area contributed by atoms with Gasteiger partial charge in [-0.1, -0.05) is 20.8 Å². The summed E-state index contributed by atoms with van der Waals surface area (Å²) in [5.74, 6) is 0. The topological polar surface area (TPSA) is 108 Å². The number of carbonyl (C=O) groups is 2. The SMILES string of the molecule is CC(C)(C)C(CN(CCOC(N)=O)C(C)(C)C)OC(N)=O. The minimum atomic E-state index is -0.801. The van der Waals surface area contributed by atoms with E-state index in [9.17, 15) is 9.59 Å². The molecule has 7 heteroatoms. The number of hydrogen-bond donors (Lipinski definition) is 2. The Morgan fingerprint density at radius 3 is 1.90 bits per heavy atom. The average molecular weight is 303 g/mol. The Bertz CT molecular complexity index is 358. The van der Waals surface area contributed by atoms with Crippen LogP contribution in [0, 0.1) is 5.41 Å². The van der Waals surface area contributed by atoms with Crippen LogP contribution >= 0.6 is 0 Å². The molecule has 124 valence electrons. The van der Waals surface area contributed by atoms with Crippen molar-refractivity contribution in [3.63, 3.8) is 0 Å². The lowest BCUT2D eigenvalue weighted by atomic mass is 9.87. The van der Waals surface area contributed by atoms with Crippen LogP contribution < -0.4 is 11.5 Å². The molecule has 0 aliphatic rings. The minimum Gasteiger partial charge on any atom is -0.448 e. The van der Waals surface area contributed by atoms with Crippen LogP contribution in [0.5, 0.6) is 0 Å². The van der Waals surface area contributed by atoms with Gasteiger partial charge in [-0.05, 0) is 20.8 Å². The van der Waals surface area contributed by atoms with Gasteiger partial charge in [0.15, 0.2) is 0 Å². The molecule has 1 atom stereocenters. The van der Waals surface area contributed by atoms with E-state index < -0.39 is 12.2 Å². The molecule has 0 rings (SSSR count). The molecule has 4 N–H and O–H groups in total. The third kappa shape index (κ3) is 8.39. The highest BCUT2D eigenvalue weighted by Gasteiger charge is 2.33. The van der Waals surface area contributed by atoms with Gasteiger partial charge in [-0.2, -0.15) is 0 Å². The Kier molecular flexibility index (Phi) is 6.96. The quantitative estimate of drug-likeness (QED) is 0.776. The van der Waals surface area contributed by atoms with Gasteiger partial charge in [-0.3, -0.25) is 4.90 Å². The molecule has 0 aromatic carbocycles. The molecule has 21 heavy (non-hydrogen) atoms. The summed E-state index contributed by atoms with van der Waals surface area (Å²) in [5.41, 5.74) is 9.66. The van der Waals surface area contributed by atoms with Gasteiger partial charge < -0.3 is 20.9 Å². The molecule has 0 aliphatic heterocycles. The van der Waals surface area contributed by atoms with E-state index in [0.717, 1.165) is 0 Å². The van der Waals surface area contributed by atoms with Crippen LogP contribution in [-0.4, -0.2) is 48.4 Å². The Morgan fingerprint density at radius 2 is 1.57 bits per heavy atom. The zero-order chi connectivity index (χ0) is 16.8. The number of nitrogens with two attached hydrogens (primary N) is 2. The third-order valence-electron chi connectivity index (χ3n) is 3.16. The molecule has 7 nitrogen and oxygen atoms in total.